The molecule has 0 aromatic heterocycles. The van der Waals surface area contributed by atoms with Gasteiger partial charge in [0.2, 0.25) is 5.91 Å². The number of nitrogens with zero attached hydrogens (tertiary/aromatic N) is 2. The maximum absolute atomic E-state index is 13.8. The third kappa shape index (κ3) is 4.87. The average Bonchev–Trinajstić information content (AvgIpc) is 2.77. The van der Waals surface area contributed by atoms with Gasteiger partial charge in [0.25, 0.3) is 0 Å². The number of rotatable bonds is 4. The fourth-order valence-corrected chi connectivity index (χ4v) is 4.55. The molecule has 2 aliphatic rings. The minimum atomic E-state index is -0.252. The molecule has 4 rings (SSSR count). The van der Waals surface area contributed by atoms with Crippen LogP contribution in [0.5, 0.6) is 0 Å². The normalized spacial score (nSPS) is 22.8. The maximum atomic E-state index is 13.8. The van der Waals surface area contributed by atoms with E-state index in [1.807, 2.05) is 17.0 Å². The molecule has 2 fully saturated rings. The zero-order valence-corrected chi connectivity index (χ0v) is 17.3. The van der Waals surface area contributed by atoms with Gasteiger partial charge in [0, 0.05) is 32.7 Å². The third-order valence-electron chi connectivity index (χ3n) is 6.17. The first kappa shape index (κ1) is 20.9. The fourth-order valence-electron chi connectivity index (χ4n) is 4.55. The highest BCUT2D eigenvalue weighted by atomic mass is 19.1. The number of likely N-dealkylation sites (tertiary alicyclic amines) is 1. The maximum Gasteiger partial charge on any atom is 0.227 e. The van der Waals surface area contributed by atoms with Crippen LogP contribution in [-0.2, 0) is 16.1 Å². The number of ether oxygens (including phenoxy) is 1. The molecule has 2 aromatic rings. The molecule has 160 valence electrons. The smallest absolute Gasteiger partial charge is 0.227 e. The summed E-state index contributed by atoms with van der Waals surface area (Å²) in [6.45, 7) is 6.32. The van der Waals surface area contributed by atoms with Crippen LogP contribution in [-0.4, -0.2) is 55.1 Å². The fraction of sp³-hybridized carbons (Fsp3) is 0.458. The minimum absolute atomic E-state index is 0.118. The number of aryl methyl sites for hydroxylation is 1. The standard InChI is InChI=1S/C24H28F2N2O2/c1-17-12-19(4-7-23(17)26)20-13-21(24(29)28-8-10-30-11-9-28)16-27(15-20)14-18-2-5-22(25)6-3-18/h2-7,12,20-21H,8-11,13-16H2,1H3. The Kier molecular flexibility index (Phi) is 6.44. The van der Waals surface area contributed by atoms with Crippen molar-refractivity contribution in [1.29, 1.82) is 0 Å². The van der Waals surface area contributed by atoms with Gasteiger partial charge in [0.1, 0.15) is 11.6 Å². The van der Waals surface area contributed by atoms with E-state index in [1.54, 1.807) is 19.1 Å². The highest BCUT2D eigenvalue weighted by Gasteiger charge is 2.35. The van der Waals surface area contributed by atoms with Crippen LogP contribution in [0.3, 0.4) is 0 Å². The monoisotopic (exact) mass is 414 g/mol. The number of amides is 1. The van der Waals surface area contributed by atoms with Crippen molar-refractivity contribution in [3.63, 3.8) is 0 Å². The van der Waals surface area contributed by atoms with Gasteiger partial charge < -0.3 is 9.64 Å². The van der Waals surface area contributed by atoms with Gasteiger partial charge in [-0.3, -0.25) is 9.69 Å². The van der Waals surface area contributed by atoms with Crippen LogP contribution in [0.25, 0.3) is 0 Å². The molecular formula is C24H28F2N2O2. The van der Waals surface area contributed by atoms with Crippen LogP contribution in [0, 0.1) is 24.5 Å². The third-order valence-corrected chi connectivity index (χ3v) is 6.17. The first-order valence-corrected chi connectivity index (χ1v) is 10.6. The van der Waals surface area contributed by atoms with Gasteiger partial charge in [-0.05, 0) is 54.2 Å². The quantitative estimate of drug-likeness (QED) is 0.764. The van der Waals surface area contributed by atoms with E-state index in [9.17, 15) is 13.6 Å². The second kappa shape index (κ2) is 9.23. The highest BCUT2D eigenvalue weighted by molar-refractivity contribution is 5.79. The predicted molar refractivity (Wildman–Crippen MR) is 111 cm³/mol. The van der Waals surface area contributed by atoms with E-state index < -0.39 is 0 Å². The molecule has 0 N–H and O–H groups in total. The zero-order chi connectivity index (χ0) is 21.1. The van der Waals surface area contributed by atoms with Gasteiger partial charge in [-0.25, -0.2) is 8.78 Å². The Morgan fingerprint density at radius 3 is 2.50 bits per heavy atom. The molecule has 4 nitrogen and oxygen atoms in total. The Bertz CT molecular complexity index is 881. The number of piperidine rings is 1. The van der Waals surface area contributed by atoms with Crippen molar-refractivity contribution >= 4 is 5.91 Å². The Morgan fingerprint density at radius 1 is 1.07 bits per heavy atom. The molecule has 0 bridgehead atoms. The number of carbonyl (C=O) groups is 1. The number of halogens is 2. The Labute approximate surface area is 176 Å². The summed E-state index contributed by atoms with van der Waals surface area (Å²) in [5, 5.41) is 0. The number of hydrogen-bond donors (Lipinski definition) is 0. The van der Waals surface area contributed by atoms with Gasteiger partial charge in [0.15, 0.2) is 0 Å². The SMILES string of the molecule is Cc1cc(C2CC(C(=O)N3CCOCC3)CN(Cc3ccc(F)cc3)C2)ccc1F. The molecular weight excluding hydrogens is 386 g/mol. The van der Waals surface area contributed by atoms with E-state index in [0.717, 1.165) is 24.1 Å². The van der Waals surface area contributed by atoms with Gasteiger partial charge in [0.05, 0.1) is 19.1 Å². The number of benzene rings is 2. The van der Waals surface area contributed by atoms with E-state index in [2.05, 4.69) is 4.90 Å². The number of morpholine rings is 1. The topological polar surface area (TPSA) is 32.8 Å². The van der Waals surface area contributed by atoms with Crippen molar-refractivity contribution in [2.75, 3.05) is 39.4 Å². The molecule has 2 heterocycles. The van der Waals surface area contributed by atoms with Crippen LogP contribution in [0.2, 0.25) is 0 Å². The van der Waals surface area contributed by atoms with Gasteiger partial charge >= 0.3 is 0 Å². The van der Waals surface area contributed by atoms with Crippen molar-refractivity contribution in [1.82, 2.24) is 9.80 Å². The molecule has 6 heteroatoms. The summed E-state index contributed by atoms with van der Waals surface area (Å²) in [7, 11) is 0. The summed E-state index contributed by atoms with van der Waals surface area (Å²) in [6, 6.07) is 11.8. The molecule has 30 heavy (non-hydrogen) atoms. The van der Waals surface area contributed by atoms with Crippen LogP contribution >= 0.6 is 0 Å². The number of carbonyl (C=O) groups excluding carboxylic acids is 1. The minimum Gasteiger partial charge on any atom is -0.378 e. The summed E-state index contributed by atoms with van der Waals surface area (Å²) in [5.74, 6) is -0.261. The highest BCUT2D eigenvalue weighted by Crippen LogP contribution is 2.33. The first-order valence-electron chi connectivity index (χ1n) is 10.6. The zero-order valence-electron chi connectivity index (χ0n) is 17.3. The van der Waals surface area contributed by atoms with Crippen LogP contribution < -0.4 is 0 Å². The van der Waals surface area contributed by atoms with E-state index in [0.29, 0.717) is 45.0 Å². The molecule has 2 unspecified atom stereocenters. The van der Waals surface area contributed by atoms with Gasteiger partial charge in [-0.1, -0.05) is 24.3 Å². The summed E-state index contributed by atoms with van der Waals surface area (Å²) in [4.78, 5) is 17.4. The van der Waals surface area contributed by atoms with E-state index in [-0.39, 0.29) is 29.4 Å². The second-order valence-electron chi connectivity index (χ2n) is 8.40. The summed E-state index contributed by atoms with van der Waals surface area (Å²) in [5.41, 5.74) is 2.71. The predicted octanol–water partition coefficient (Wildman–Crippen LogP) is 3.74. The van der Waals surface area contributed by atoms with Crippen molar-refractivity contribution in [3.8, 4) is 0 Å². The van der Waals surface area contributed by atoms with Crippen LogP contribution in [0.1, 0.15) is 29.0 Å². The molecule has 0 spiro atoms. The Morgan fingerprint density at radius 2 is 1.80 bits per heavy atom. The lowest BCUT2D eigenvalue weighted by atomic mass is 9.83. The second-order valence-corrected chi connectivity index (χ2v) is 8.40. The lowest BCUT2D eigenvalue weighted by Crippen LogP contribution is -2.49. The summed E-state index contributed by atoms with van der Waals surface area (Å²) >= 11 is 0. The average molecular weight is 414 g/mol. The van der Waals surface area contributed by atoms with Gasteiger partial charge in [-0.2, -0.15) is 0 Å². The molecule has 0 radical (unpaired) electrons. The van der Waals surface area contributed by atoms with E-state index in [4.69, 9.17) is 4.74 Å². The van der Waals surface area contributed by atoms with Gasteiger partial charge in [-0.15, -0.1) is 0 Å². The molecule has 0 aliphatic carbocycles. The molecule has 2 aliphatic heterocycles. The molecule has 1 amide bonds. The molecule has 2 aromatic carbocycles. The van der Waals surface area contributed by atoms with Crippen molar-refractivity contribution in [2.24, 2.45) is 5.92 Å². The summed E-state index contributed by atoms with van der Waals surface area (Å²) < 4.78 is 32.5. The van der Waals surface area contributed by atoms with Crippen molar-refractivity contribution in [3.05, 3.63) is 70.8 Å². The largest absolute Gasteiger partial charge is 0.378 e. The molecule has 2 atom stereocenters. The lowest BCUT2D eigenvalue weighted by molar-refractivity contribution is -0.141. The Hall–Kier alpha value is -2.31. The first-order chi connectivity index (χ1) is 14.5. The van der Waals surface area contributed by atoms with Crippen LogP contribution in [0.15, 0.2) is 42.5 Å². The lowest BCUT2D eigenvalue weighted by Gasteiger charge is -2.40. The van der Waals surface area contributed by atoms with Crippen LogP contribution in [0.4, 0.5) is 8.78 Å². The van der Waals surface area contributed by atoms with Crippen molar-refractivity contribution in [2.45, 2.75) is 25.8 Å². The molecule has 0 saturated carbocycles. The summed E-state index contributed by atoms with van der Waals surface area (Å²) in [6.07, 6.45) is 0.751. The molecule has 2 saturated heterocycles. The Balaban J connectivity index is 1.55. The van der Waals surface area contributed by atoms with Crippen molar-refractivity contribution < 1.29 is 18.3 Å². The number of hydrogen-bond acceptors (Lipinski definition) is 3. The van der Waals surface area contributed by atoms with E-state index in [1.165, 1.54) is 18.2 Å². The van der Waals surface area contributed by atoms with E-state index >= 15 is 0 Å².